The normalized spacial score (nSPS) is 11.1. The third-order valence-electron chi connectivity index (χ3n) is 3.73. The number of nitrogens with two attached hydrogens (primary N) is 3. The van der Waals surface area contributed by atoms with E-state index in [1.165, 1.54) is 16.8 Å². The Kier molecular flexibility index (Phi) is 6.32. The highest BCUT2D eigenvalue weighted by Gasteiger charge is 2.12. The molecule has 1 amide bonds. The fourth-order valence-corrected chi connectivity index (χ4v) is 3.00. The van der Waals surface area contributed by atoms with Gasteiger partial charge in [0.2, 0.25) is 0 Å². The van der Waals surface area contributed by atoms with Gasteiger partial charge in [0.05, 0.1) is 22.7 Å². The van der Waals surface area contributed by atoms with Crippen LogP contribution in [0.5, 0.6) is 0 Å². The molecule has 2 aromatic rings. The van der Waals surface area contributed by atoms with E-state index in [-0.39, 0.29) is 5.91 Å². The summed E-state index contributed by atoms with van der Waals surface area (Å²) in [6.45, 7) is 5.68. The number of thioether (sulfide) groups is 1. The van der Waals surface area contributed by atoms with Gasteiger partial charge in [0.15, 0.2) is 0 Å². The molecule has 0 saturated heterocycles. The molecule has 26 heavy (non-hydrogen) atoms. The Balaban J connectivity index is 2.29. The van der Waals surface area contributed by atoms with E-state index in [1.807, 2.05) is 25.1 Å². The smallest absolute Gasteiger partial charge is 0.255 e. The topological polar surface area (TPSA) is 110 Å². The van der Waals surface area contributed by atoms with Gasteiger partial charge < -0.3 is 21.8 Å². The molecule has 0 unspecified atom stereocenters. The van der Waals surface area contributed by atoms with Crippen LogP contribution in [0, 0.1) is 0 Å². The average Bonchev–Trinajstić information content (AvgIpc) is 2.61. The van der Waals surface area contributed by atoms with E-state index < -0.39 is 0 Å². The molecule has 0 bridgehead atoms. The Morgan fingerprint density at radius 3 is 2.42 bits per heavy atom. The monoisotopic (exact) mass is 369 g/mol. The van der Waals surface area contributed by atoms with Crippen molar-refractivity contribution in [3.05, 3.63) is 65.6 Å². The van der Waals surface area contributed by atoms with Crippen LogP contribution in [-0.2, 0) is 0 Å². The predicted molar refractivity (Wildman–Crippen MR) is 114 cm³/mol. The molecule has 0 heterocycles. The van der Waals surface area contributed by atoms with E-state index in [0.717, 1.165) is 10.5 Å². The zero-order valence-electron chi connectivity index (χ0n) is 14.8. The highest BCUT2D eigenvalue weighted by Crippen LogP contribution is 2.32. The second-order valence-corrected chi connectivity index (χ2v) is 6.59. The molecular weight excluding hydrogens is 346 g/mol. The van der Waals surface area contributed by atoms with Crippen LogP contribution in [0.1, 0.15) is 22.8 Å². The van der Waals surface area contributed by atoms with Gasteiger partial charge in [-0.05, 0) is 48.2 Å². The Labute approximate surface area is 157 Å². The molecule has 0 saturated carbocycles. The van der Waals surface area contributed by atoms with Gasteiger partial charge in [-0.25, -0.2) is 5.84 Å². The largest absolute Gasteiger partial charge is 0.397 e. The molecule has 0 aromatic heterocycles. The maximum atomic E-state index is 12.6. The molecule has 136 valence electrons. The van der Waals surface area contributed by atoms with Crippen LogP contribution < -0.4 is 27.6 Å². The quantitative estimate of drug-likeness (QED) is 0.351. The number of carbonyl (C=O) groups excluding carboxylic acids is 1. The summed E-state index contributed by atoms with van der Waals surface area (Å²) in [5, 5.41) is 5.99. The first-order valence-electron chi connectivity index (χ1n) is 7.90. The van der Waals surface area contributed by atoms with E-state index in [0.29, 0.717) is 28.3 Å². The summed E-state index contributed by atoms with van der Waals surface area (Å²) in [5.74, 6) is 5.39. The minimum absolute atomic E-state index is 0.301. The SMILES string of the molecule is C=CS/C(=C\C)c1ccc(N)c(NC(=O)c2ccc(N(C)N)c(N)c2)c1. The lowest BCUT2D eigenvalue weighted by molar-refractivity contribution is 0.102. The van der Waals surface area contributed by atoms with Gasteiger partial charge in [-0.3, -0.25) is 4.79 Å². The number of rotatable bonds is 6. The summed E-state index contributed by atoms with van der Waals surface area (Å²) in [6.07, 6.45) is 1.98. The Bertz CT molecular complexity index is 861. The van der Waals surface area contributed by atoms with Crippen LogP contribution in [0.25, 0.3) is 4.91 Å². The second-order valence-electron chi connectivity index (χ2n) is 5.58. The van der Waals surface area contributed by atoms with Crippen molar-refractivity contribution in [1.82, 2.24) is 0 Å². The maximum absolute atomic E-state index is 12.6. The van der Waals surface area contributed by atoms with E-state index in [2.05, 4.69) is 11.9 Å². The summed E-state index contributed by atoms with van der Waals surface area (Å²) >= 11 is 1.50. The highest BCUT2D eigenvalue weighted by molar-refractivity contribution is 8.10. The standard InChI is InChI=1S/C19H23N5OS/c1-4-18(26-5-2)12-6-8-14(20)16(11-12)23-19(25)13-7-9-17(24(3)22)15(21)10-13/h4-11H,2,20-22H2,1,3H3,(H,23,25)/b18-4-. The van der Waals surface area contributed by atoms with Crippen LogP contribution in [-0.4, -0.2) is 13.0 Å². The van der Waals surface area contributed by atoms with Crippen LogP contribution >= 0.6 is 11.8 Å². The van der Waals surface area contributed by atoms with Gasteiger partial charge in [-0.15, -0.1) is 0 Å². The third kappa shape index (κ3) is 4.38. The summed E-state index contributed by atoms with van der Waals surface area (Å²) in [6, 6.07) is 10.4. The van der Waals surface area contributed by atoms with Crippen molar-refractivity contribution in [3.63, 3.8) is 0 Å². The van der Waals surface area contributed by atoms with Crippen molar-refractivity contribution in [1.29, 1.82) is 0 Å². The van der Waals surface area contributed by atoms with Gasteiger partial charge in [0.1, 0.15) is 0 Å². The molecule has 7 N–H and O–H groups in total. The number of allylic oxidation sites excluding steroid dienone is 1. The summed E-state index contributed by atoms with van der Waals surface area (Å²) < 4.78 is 0. The van der Waals surface area contributed by atoms with E-state index in [4.69, 9.17) is 17.3 Å². The number of nitrogens with zero attached hydrogens (tertiary/aromatic N) is 1. The lowest BCUT2D eigenvalue weighted by Gasteiger charge is -2.16. The summed E-state index contributed by atoms with van der Waals surface area (Å²) in [4.78, 5) is 13.6. The minimum Gasteiger partial charge on any atom is -0.397 e. The van der Waals surface area contributed by atoms with Crippen molar-refractivity contribution < 1.29 is 4.79 Å². The first-order valence-corrected chi connectivity index (χ1v) is 8.78. The number of carbonyl (C=O) groups is 1. The van der Waals surface area contributed by atoms with Crippen LogP contribution in [0.2, 0.25) is 0 Å². The number of anilines is 4. The fraction of sp³-hybridized carbons (Fsp3) is 0.105. The Morgan fingerprint density at radius 1 is 1.15 bits per heavy atom. The third-order valence-corrected chi connectivity index (χ3v) is 4.62. The molecule has 0 atom stereocenters. The molecular formula is C19H23N5OS. The van der Waals surface area contributed by atoms with Crippen LogP contribution in [0.15, 0.2) is 54.5 Å². The zero-order valence-corrected chi connectivity index (χ0v) is 15.6. The average molecular weight is 369 g/mol. The van der Waals surface area contributed by atoms with Gasteiger partial charge in [0.25, 0.3) is 5.91 Å². The summed E-state index contributed by atoms with van der Waals surface area (Å²) in [5.41, 5.74) is 15.4. The van der Waals surface area contributed by atoms with Crippen molar-refractivity contribution in [2.45, 2.75) is 6.92 Å². The Hall–Kier alpha value is -2.90. The molecule has 0 radical (unpaired) electrons. The first kappa shape index (κ1) is 19.4. The molecule has 0 aliphatic heterocycles. The number of nitrogen functional groups attached to an aromatic ring is 2. The predicted octanol–water partition coefficient (Wildman–Crippen LogP) is 3.65. The molecule has 2 aromatic carbocycles. The minimum atomic E-state index is -0.301. The maximum Gasteiger partial charge on any atom is 0.255 e. The second kappa shape index (κ2) is 8.46. The van der Waals surface area contributed by atoms with E-state index in [9.17, 15) is 4.79 Å². The van der Waals surface area contributed by atoms with E-state index in [1.54, 1.807) is 36.7 Å². The van der Waals surface area contributed by atoms with E-state index >= 15 is 0 Å². The molecule has 0 aliphatic rings. The lowest BCUT2D eigenvalue weighted by Crippen LogP contribution is -2.26. The first-order chi connectivity index (χ1) is 12.4. The number of amides is 1. The van der Waals surface area contributed by atoms with Crippen LogP contribution in [0.3, 0.4) is 0 Å². The lowest BCUT2D eigenvalue weighted by atomic mass is 10.1. The molecule has 7 heteroatoms. The van der Waals surface area contributed by atoms with Gasteiger partial charge in [-0.1, -0.05) is 30.5 Å². The van der Waals surface area contributed by atoms with Crippen LogP contribution in [0.4, 0.5) is 22.7 Å². The van der Waals surface area contributed by atoms with Gasteiger partial charge in [-0.2, -0.15) is 0 Å². The molecule has 0 aliphatic carbocycles. The van der Waals surface area contributed by atoms with Gasteiger partial charge >= 0.3 is 0 Å². The number of benzene rings is 2. The number of hydrogen-bond acceptors (Lipinski definition) is 6. The van der Waals surface area contributed by atoms with Gasteiger partial charge in [0, 0.05) is 17.5 Å². The Morgan fingerprint density at radius 2 is 1.85 bits per heavy atom. The number of nitrogens with one attached hydrogen (secondary N) is 1. The van der Waals surface area contributed by atoms with Crippen molar-refractivity contribution in [2.24, 2.45) is 5.84 Å². The molecule has 0 fully saturated rings. The van der Waals surface area contributed by atoms with Crippen molar-refractivity contribution >= 4 is 45.3 Å². The summed E-state index contributed by atoms with van der Waals surface area (Å²) in [7, 11) is 1.68. The molecule has 0 spiro atoms. The zero-order chi connectivity index (χ0) is 19.3. The van der Waals surface area contributed by atoms with Crippen molar-refractivity contribution in [2.75, 3.05) is 28.8 Å². The highest BCUT2D eigenvalue weighted by atomic mass is 32.2. The number of hydrazine groups is 1. The fourth-order valence-electron chi connectivity index (χ4n) is 2.42. The molecule has 6 nitrogen and oxygen atoms in total. The number of hydrogen-bond donors (Lipinski definition) is 4. The van der Waals surface area contributed by atoms with Crippen molar-refractivity contribution in [3.8, 4) is 0 Å². The molecule has 2 rings (SSSR count).